The van der Waals surface area contributed by atoms with Crippen LogP contribution in [0.1, 0.15) is 43.4 Å². The van der Waals surface area contributed by atoms with Gasteiger partial charge in [-0.15, -0.1) is 0 Å². The van der Waals surface area contributed by atoms with Gasteiger partial charge in [-0.05, 0) is 19.4 Å². The van der Waals surface area contributed by atoms with E-state index in [9.17, 15) is 9.59 Å². The molecule has 0 saturated heterocycles. The van der Waals surface area contributed by atoms with Crippen molar-refractivity contribution in [3.63, 3.8) is 0 Å². The van der Waals surface area contributed by atoms with Gasteiger partial charge >= 0.3 is 0 Å². The molecule has 3 aromatic rings. The van der Waals surface area contributed by atoms with Crippen molar-refractivity contribution >= 4 is 11.7 Å². The van der Waals surface area contributed by atoms with E-state index >= 15 is 0 Å². The first-order valence-electron chi connectivity index (χ1n) is 8.29. The molecule has 7 heteroatoms. The number of anilines is 1. The standard InChI is InChI=1S/C18H19N5O2/c1-10(2)23-17-15(18(25)22-23)12(8-14(24)20-17)13-9-19-21-16(13)11-6-4-3-5-7-11/h3-7,9-10,12H,8H2,1-2H3,(H,19,21)(H,20,24)(H,22,25)/t12-/m1/s1. The number of hydrogen-bond acceptors (Lipinski definition) is 3. The lowest BCUT2D eigenvalue weighted by Crippen LogP contribution is -2.27. The molecule has 3 N–H and O–H groups in total. The zero-order valence-electron chi connectivity index (χ0n) is 14.0. The minimum Gasteiger partial charge on any atom is -0.311 e. The molecule has 7 nitrogen and oxygen atoms in total. The van der Waals surface area contributed by atoms with E-state index in [0.29, 0.717) is 11.4 Å². The zero-order valence-corrected chi connectivity index (χ0v) is 14.0. The molecule has 1 aromatic carbocycles. The molecule has 1 atom stereocenters. The Bertz CT molecular complexity index is 981. The third-order valence-corrected chi connectivity index (χ3v) is 4.58. The third kappa shape index (κ3) is 2.48. The monoisotopic (exact) mass is 337 g/mol. The summed E-state index contributed by atoms with van der Waals surface area (Å²) in [5.41, 5.74) is 3.08. The van der Waals surface area contributed by atoms with Gasteiger partial charge in [0.05, 0.1) is 17.5 Å². The van der Waals surface area contributed by atoms with Gasteiger partial charge in [-0.1, -0.05) is 30.3 Å². The number of nitrogens with zero attached hydrogens (tertiary/aromatic N) is 2. The van der Waals surface area contributed by atoms with Crippen LogP contribution in [-0.2, 0) is 4.79 Å². The Morgan fingerprint density at radius 3 is 2.68 bits per heavy atom. The number of benzene rings is 1. The zero-order chi connectivity index (χ0) is 17.6. The van der Waals surface area contributed by atoms with Crippen molar-refractivity contribution in [3.05, 3.63) is 58.0 Å². The Morgan fingerprint density at radius 2 is 1.96 bits per heavy atom. The fraction of sp³-hybridized carbons (Fsp3) is 0.278. The lowest BCUT2D eigenvalue weighted by Gasteiger charge is -2.24. The lowest BCUT2D eigenvalue weighted by atomic mass is 9.86. The Hall–Kier alpha value is -3.09. The predicted molar refractivity (Wildman–Crippen MR) is 94.6 cm³/mol. The van der Waals surface area contributed by atoms with Crippen molar-refractivity contribution in [3.8, 4) is 11.3 Å². The Labute approximate surface area is 144 Å². The molecule has 4 rings (SSSR count). The van der Waals surface area contributed by atoms with Crippen LogP contribution in [0.25, 0.3) is 11.3 Å². The fourth-order valence-corrected chi connectivity index (χ4v) is 3.43. The molecule has 1 amide bonds. The van der Waals surface area contributed by atoms with Gasteiger partial charge in [-0.25, -0.2) is 0 Å². The topological polar surface area (TPSA) is 95.6 Å². The first-order chi connectivity index (χ1) is 12.1. The minimum absolute atomic E-state index is 0.0356. The summed E-state index contributed by atoms with van der Waals surface area (Å²) in [6.07, 6.45) is 1.93. The summed E-state index contributed by atoms with van der Waals surface area (Å²) >= 11 is 0. The molecule has 128 valence electrons. The van der Waals surface area contributed by atoms with Crippen LogP contribution in [0.4, 0.5) is 5.82 Å². The summed E-state index contributed by atoms with van der Waals surface area (Å²) in [6, 6.07) is 9.82. The molecule has 0 aliphatic carbocycles. The summed E-state index contributed by atoms with van der Waals surface area (Å²) in [6.45, 7) is 3.92. The van der Waals surface area contributed by atoms with Crippen LogP contribution in [0.2, 0.25) is 0 Å². The highest BCUT2D eigenvalue weighted by molar-refractivity contribution is 5.94. The molecular formula is C18H19N5O2. The molecular weight excluding hydrogens is 318 g/mol. The smallest absolute Gasteiger partial charge is 0.270 e. The van der Waals surface area contributed by atoms with E-state index in [1.165, 1.54) is 0 Å². The number of amides is 1. The van der Waals surface area contributed by atoms with Gasteiger partial charge in [0, 0.05) is 23.9 Å². The number of H-pyrrole nitrogens is 2. The molecule has 1 aliphatic rings. The first-order valence-corrected chi connectivity index (χ1v) is 8.29. The third-order valence-electron chi connectivity index (χ3n) is 4.58. The Morgan fingerprint density at radius 1 is 1.20 bits per heavy atom. The van der Waals surface area contributed by atoms with Crippen molar-refractivity contribution in [2.45, 2.75) is 32.2 Å². The van der Waals surface area contributed by atoms with Crippen molar-refractivity contribution in [2.75, 3.05) is 5.32 Å². The van der Waals surface area contributed by atoms with Crippen molar-refractivity contribution in [1.82, 2.24) is 20.0 Å². The number of fused-ring (bicyclic) bond motifs is 1. The predicted octanol–water partition coefficient (Wildman–Crippen LogP) is 2.62. The maximum atomic E-state index is 12.6. The highest BCUT2D eigenvalue weighted by Gasteiger charge is 2.35. The second-order valence-corrected chi connectivity index (χ2v) is 6.54. The van der Waals surface area contributed by atoms with Crippen LogP contribution < -0.4 is 10.9 Å². The van der Waals surface area contributed by atoms with E-state index in [1.54, 1.807) is 10.9 Å². The van der Waals surface area contributed by atoms with E-state index in [-0.39, 0.29) is 29.8 Å². The molecule has 0 bridgehead atoms. The van der Waals surface area contributed by atoms with Gasteiger partial charge < -0.3 is 5.32 Å². The van der Waals surface area contributed by atoms with E-state index < -0.39 is 0 Å². The van der Waals surface area contributed by atoms with Crippen molar-refractivity contribution in [2.24, 2.45) is 0 Å². The van der Waals surface area contributed by atoms with E-state index in [0.717, 1.165) is 16.8 Å². The fourth-order valence-electron chi connectivity index (χ4n) is 3.43. The summed E-state index contributed by atoms with van der Waals surface area (Å²) in [7, 11) is 0. The number of aromatic nitrogens is 4. The highest BCUT2D eigenvalue weighted by atomic mass is 16.2. The van der Waals surface area contributed by atoms with Crippen LogP contribution in [0.5, 0.6) is 0 Å². The SMILES string of the molecule is CC(C)n1[nH]c(=O)c2c1NC(=O)C[C@@H]2c1cn[nH]c1-c1ccccc1. The Kier molecular flexibility index (Phi) is 3.56. The van der Waals surface area contributed by atoms with Gasteiger partial charge in [0.25, 0.3) is 5.56 Å². The van der Waals surface area contributed by atoms with Gasteiger partial charge in [0.1, 0.15) is 5.82 Å². The van der Waals surface area contributed by atoms with Crippen LogP contribution in [0.3, 0.4) is 0 Å². The summed E-state index contributed by atoms with van der Waals surface area (Å²) in [5, 5.41) is 12.9. The van der Waals surface area contributed by atoms with Gasteiger partial charge in [0.2, 0.25) is 5.91 Å². The molecule has 0 radical (unpaired) electrons. The molecule has 0 fully saturated rings. The van der Waals surface area contributed by atoms with Crippen LogP contribution in [0, 0.1) is 0 Å². The van der Waals surface area contributed by atoms with E-state index in [4.69, 9.17) is 0 Å². The van der Waals surface area contributed by atoms with E-state index in [2.05, 4.69) is 20.6 Å². The van der Waals surface area contributed by atoms with Crippen molar-refractivity contribution < 1.29 is 4.79 Å². The highest BCUT2D eigenvalue weighted by Crippen LogP contribution is 2.39. The second-order valence-electron chi connectivity index (χ2n) is 6.54. The normalized spacial score (nSPS) is 16.8. The average molecular weight is 337 g/mol. The molecule has 2 aromatic heterocycles. The molecule has 25 heavy (non-hydrogen) atoms. The van der Waals surface area contributed by atoms with Crippen LogP contribution >= 0.6 is 0 Å². The largest absolute Gasteiger partial charge is 0.311 e. The molecule has 0 unspecified atom stereocenters. The molecule has 3 heterocycles. The van der Waals surface area contributed by atoms with Gasteiger partial charge in [0.15, 0.2) is 0 Å². The maximum absolute atomic E-state index is 12.6. The molecule has 0 spiro atoms. The lowest BCUT2D eigenvalue weighted by molar-refractivity contribution is -0.116. The van der Waals surface area contributed by atoms with E-state index in [1.807, 2.05) is 44.2 Å². The number of hydrogen-bond donors (Lipinski definition) is 3. The average Bonchev–Trinajstić information content (AvgIpc) is 3.20. The summed E-state index contributed by atoms with van der Waals surface area (Å²) < 4.78 is 1.71. The summed E-state index contributed by atoms with van der Waals surface area (Å²) in [4.78, 5) is 24.9. The summed E-state index contributed by atoms with van der Waals surface area (Å²) in [5.74, 6) is 0.119. The Balaban J connectivity index is 1.89. The van der Waals surface area contributed by atoms with Crippen molar-refractivity contribution in [1.29, 1.82) is 0 Å². The van der Waals surface area contributed by atoms with Crippen LogP contribution in [-0.4, -0.2) is 25.9 Å². The second kappa shape index (κ2) is 5.77. The number of carbonyl (C=O) groups excluding carboxylic acids is 1. The molecule has 1 aliphatic heterocycles. The van der Waals surface area contributed by atoms with Gasteiger partial charge in [-0.2, -0.15) is 5.10 Å². The van der Waals surface area contributed by atoms with Crippen LogP contribution in [0.15, 0.2) is 41.3 Å². The first kappa shape index (κ1) is 15.4. The maximum Gasteiger partial charge on any atom is 0.270 e. The van der Waals surface area contributed by atoms with Gasteiger partial charge in [-0.3, -0.25) is 24.5 Å². The number of aromatic amines is 2. The quantitative estimate of drug-likeness (QED) is 0.685. The number of rotatable bonds is 3. The number of nitrogens with one attached hydrogen (secondary N) is 3. The minimum atomic E-state index is -0.332. The molecule has 0 saturated carbocycles. The number of carbonyl (C=O) groups is 1.